The Kier molecular flexibility index (Phi) is 6.29. The molecule has 0 radical (unpaired) electrons. The smallest absolute Gasteiger partial charge is 0.0612 e. The molecule has 3 heteroatoms. The first kappa shape index (κ1) is 19.7. The van der Waals surface area contributed by atoms with E-state index in [-0.39, 0.29) is 5.60 Å². The molecule has 0 atom stereocenters. The van der Waals surface area contributed by atoms with Crippen molar-refractivity contribution in [1.29, 1.82) is 0 Å². The molecular weight excluding hydrogens is 320 g/mol. The molecule has 1 saturated carbocycles. The van der Waals surface area contributed by atoms with Crippen LogP contribution in [0.25, 0.3) is 0 Å². The van der Waals surface area contributed by atoms with Crippen molar-refractivity contribution in [3.05, 3.63) is 29.8 Å². The normalized spacial score (nSPS) is 24.8. The summed E-state index contributed by atoms with van der Waals surface area (Å²) >= 11 is 0. The Morgan fingerprint density at radius 1 is 1.08 bits per heavy atom. The Bertz CT molecular complexity index is 549. The third kappa shape index (κ3) is 5.23. The van der Waals surface area contributed by atoms with Gasteiger partial charge in [-0.3, -0.25) is 0 Å². The van der Waals surface area contributed by atoms with E-state index < -0.39 is 0 Å². The molecule has 1 aliphatic carbocycles. The summed E-state index contributed by atoms with van der Waals surface area (Å²) in [4.78, 5) is 5.28. The van der Waals surface area contributed by atoms with Crippen molar-refractivity contribution >= 4 is 5.69 Å². The molecule has 1 saturated heterocycles. The van der Waals surface area contributed by atoms with Gasteiger partial charge >= 0.3 is 0 Å². The van der Waals surface area contributed by atoms with E-state index >= 15 is 0 Å². The topological polar surface area (TPSA) is 15.7 Å². The van der Waals surface area contributed by atoms with Crippen molar-refractivity contribution in [2.45, 2.75) is 78.0 Å². The van der Waals surface area contributed by atoms with Crippen molar-refractivity contribution in [3.8, 4) is 0 Å². The van der Waals surface area contributed by atoms with Crippen LogP contribution in [0.5, 0.6) is 0 Å². The van der Waals surface area contributed by atoms with Gasteiger partial charge in [0.05, 0.1) is 11.7 Å². The van der Waals surface area contributed by atoms with Gasteiger partial charge in [0.1, 0.15) is 0 Å². The van der Waals surface area contributed by atoms with Crippen molar-refractivity contribution in [1.82, 2.24) is 4.90 Å². The fourth-order valence-electron chi connectivity index (χ4n) is 4.43. The van der Waals surface area contributed by atoms with Gasteiger partial charge in [-0.2, -0.15) is 0 Å². The molecule has 2 fully saturated rings. The van der Waals surface area contributed by atoms with Crippen LogP contribution in [0.3, 0.4) is 0 Å². The minimum Gasteiger partial charge on any atom is -0.373 e. The van der Waals surface area contributed by atoms with Crippen LogP contribution in [0.4, 0.5) is 5.69 Å². The molecule has 1 heterocycles. The molecule has 1 aromatic carbocycles. The highest BCUT2D eigenvalue weighted by Crippen LogP contribution is 2.33. The molecule has 0 aromatic heterocycles. The van der Waals surface area contributed by atoms with Crippen LogP contribution in [0.2, 0.25) is 0 Å². The van der Waals surface area contributed by atoms with E-state index in [4.69, 9.17) is 4.74 Å². The predicted molar refractivity (Wildman–Crippen MR) is 111 cm³/mol. The third-order valence-corrected chi connectivity index (χ3v) is 6.02. The van der Waals surface area contributed by atoms with Gasteiger partial charge in [0.2, 0.25) is 0 Å². The standard InChI is InChI=1S/C23H38N2O/c1-6-24(21-15-22(16-21)26-23(3,4)5)17-19-11-13-25(14-12-19)20-9-7-18(2)8-10-20/h7-10,19,21-22H,6,11-17H2,1-5H3. The van der Waals surface area contributed by atoms with E-state index in [0.29, 0.717) is 6.10 Å². The highest BCUT2D eigenvalue weighted by Gasteiger charge is 2.36. The molecule has 0 bridgehead atoms. The van der Waals surface area contributed by atoms with Crippen LogP contribution in [0, 0.1) is 12.8 Å². The maximum atomic E-state index is 6.13. The van der Waals surface area contributed by atoms with Gasteiger partial charge in [-0.05, 0) is 78.0 Å². The molecule has 1 aromatic rings. The lowest BCUT2D eigenvalue weighted by Crippen LogP contribution is -2.51. The van der Waals surface area contributed by atoms with Crippen LogP contribution >= 0.6 is 0 Å². The maximum absolute atomic E-state index is 6.13. The molecule has 0 spiro atoms. The van der Waals surface area contributed by atoms with E-state index in [0.717, 1.165) is 12.0 Å². The Hall–Kier alpha value is -1.06. The number of anilines is 1. The molecule has 26 heavy (non-hydrogen) atoms. The van der Waals surface area contributed by atoms with Crippen LogP contribution in [0.1, 0.15) is 58.9 Å². The molecule has 0 N–H and O–H groups in total. The van der Waals surface area contributed by atoms with Gasteiger partial charge in [0.25, 0.3) is 0 Å². The summed E-state index contributed by atoms with van der Waals surface area (Å²) in [5.41, 5.74) is 2.73. The monoisotopic (exact) mass is 358 g/mol. The molecule has 2 aliphatic rings. The zero-order valence-corrected chi connectivity index (χ0v) is 17.5. The summed E-state index contributed by atoms with van der Waals surface area (Å²) in [6, 6.07) is 9.75. The number of benzene rings is 1. The third-order valence-electron chi connectivity index (χ3n) is 6.02. The van der Waals surface area contributed by atoms with Crippen LogP contribution in [-0.2, 0) is 4.74 Å². The molecule has 3 rings (SSSR count). The summed E-state index contributed by atoms with van der Waals surface area (Å²) in [5, 5.41) is 0. The number of ether oxygens (including phenoxy) is 1. The minimum absolute atomic E-state index is 0.00448. The summed E-state index contributed by atoms with van der Waals surface area (Å²) in [6.45, 7) is 15.8. The van der Waals surface area contributed by atoms with Gasteiger partial charge in [-0.25, -0.2) is 0 Å². The summed E-state index contributed by atoms with van der Waals surface area (Å²) in [7, 11) is 0. The van der Waals surface area contributed by atoms with Crippen molar-refractivity contribution in [2.24, 2.45) is 5.92 Å². The van der Waals surface area contributed by atoms with E-state index in [1.54, 1.807) is 0 Å². The lowest BCUT2D eigenvalue weighted by atomic mass is 9.85. The second-order valence-electron chi connectivity index (χ2n) is 9.33. The van der Waals surface area contributed by atoms with Crippen molar-refractivity contribution < 1.29 is 4.74 Å². The molecule has 0 unspecified atom stereocenters. The van der Waals surface area contributed by atoms with Gasteiger partial charge in [0.15, 0.2) is 0 Å². The van der Waals surface area contributed by atoms with E-state index in [9.17, 15) is 0 Å². The highest BCUT2D eigenvalue weighted by molar-refractivity contribution is 5.47. The van der Waals surface area contributed by atoms with Crippen molar-refractivity contribution in [3.63, 3.8) is 0 Å². The van der Waals surface area contributed by atoms with Crippen LogP contribution in [-0.4, -0.2) is 48.8 Å². The maximum Gasteiger partial charge on any atom is 0.0612 e. The van der Waals surface area contributed by atoms with E-state index in [1.165, 1.54) is 63.1 Å². The van der Waals surface area contributed by atoms with E-state index in [1.807, 2.05) is 0 Å². The average Bonchev–Trinajstić information content (AvgIpc) is 2.56. The number of hydrogen-bond donors (Lipinski definition) is 0. The van der Waals surface area contributed by atoms with Gasteiger partial charge < -0.3 is 14.5 Å². The first-order valence-electron chi connectivity index (χ1n) is 10.6. The van der Waals surface area contributed by atoms with Gasteiger partial charge in [-0.1, -0.05) is 24.6 Å². The SMILES string of the molecule is CCN(CC1CCN(c2ccc(C)cc2)CC1)C1CC(OC(C)(C)C)C1. The molecule has 146 valence electrons. The second-order valence-corrected chi connectivity index (χ2v) is 9.33. The molecule has 1 aliphatic heterocycles. The number of piperidine rings is 1. The second kappa shape index (κ2) is 8.31. The van der Waals surface area contributed by atoms with Crippen LogP contribution in [0.15, 0.2) is 24.3 Å². The minimum atomic E-state index is -0.00448. The van der Waals surface area contributed by atoms with Gasteiger partial charge in [-0.15, -0.1) is 0 Å². The fourth-order valence-corrected chi connectivity index (χ4v) is 4.43. The lowest BCUT2D eigenvalue weighted by molar-refractivity contribution is -0.121. The average molecular weight is 359 g/mol. The number of rotatable bonds is 6. The first-order chi connectivity index (χ1) is 12.3. The number of aryl methyl sites for hydroxylation is 1. The van der Waals surface area contributed by atoms with Crippen molar-refractivity contribution in [2.75, 3.05) is 31.1 Å². The molecule has 3 nitrogen and oxygen atoms in total. The Morgan fingerprint density at radius 3 is 2.23 bits per heavy atom. The summed E-state index contributed by atoms with van der Waals surface area (Å²) in [6.07, 6.45) is 5.54. The molecule has 0 amide bonds. The quantitative estimate of drug-likeness (QED) is 0.721. The summed E-state index contributed by atoms with van der Waals surface area (Å²) in [5.74, 6) is 0.847. The number of hydrogen-bond acceptors (Lipinski definition) is 3. The highest BCUT2D eigenvalue weighted by atomic mass is 16.5. The Morgan fingerprint density at radius 2 is 1.69 bits per heavy atom. The Balaban J connectivity index is 1.42. The Labute approximate surface area is 160 Å². The lowest BCUT2D eigenvalue weighted by Gasteiger charge is -2.46. The van der Waals surface area contributed by atoms with E-state index in [2.05, 4.69) is 68.7 Å². The first-order valence-corrected chi connectivity index (χ1v) is 10.6. The summed E-state index contributed by atoms with van der Waals surface area (Å²) < 4.78 is 6.13. The molecular formula is C23H38N2O. The number of nitrogens with zero attached hydrogens (tertiary/aromatic N) is 2. The zero-order valence-electron chi connectivity index (χ0n) is 17.5. The predicted octanol–water partition coefficient (Wildman–Crippen LogP) is 4.88. The largest absolute Gasteiger partial charge is 0.373 e. The van der Waals surface area contributed by atoms with Crippen LogP contribution < -0.4 is 4.90 Å². The van der Waals surface area contributed by atoms with Gasteiger partial charge in [0, 0.05) is 31.4 Å². The zero-order chi connectivity index (χ0) is 18.7. The fraction of sp³-hybridized carbons (Fsp3) is 0.739.